The van der Waals surface area contributed by atoms with Crippen LogP contribution in [0.4, 0.5) is 0 Å². The summed E-state index contributed by atoms with van der Waals surface area (Å²) in [5.74, 6) is -0.254. The standard InChI is InChI=1S/C25H26N2O5/c28-21-19-15-26-11-5-20(19)25(32-21)8-12-27(16-25)22(29)23(6-7-23)17-1-3-18(4-2-17)24(30)9-13-31-14-10-24/h1-5,11,15,30H,6-10,12-14,16H2/t25-/m0/s1. The summed E-state index contributed by atoms with van der Waals surface area (Å²) in [5, 5.41) is 11.0. The van der Waals surface area contributed by atoms with Gasteiger partial charge in [-0.3, -0.25) is 9.78 Å². The van der Waals surface area contributed by atoms with E-state index in [2.05, 4.69) is 4.98 Å². The smallest absolute Gasteiger partial charge is 0.341 e. The van der Waals surface area contributed by atoms with Gasteiger partial charge in [0.25, 0.3) is 0 Å². The first kappa shape index (κ1) is 19.9. The number of carbonyl (C=O) groups excluding carboxylic acids is 2. The van der Waals surface area contributed by atoms with Crippen LogP contribution in [0.5, 0.6) is 0 Å². The van der Waals surface area contributed by atoms with Gasteiger partial charge in [-0.25, -0.2) is 4.79 Å². The van der Waals surface area contributed by atoms with E-state index in [1.807, 2.05) is 35.2 Å². The van der Waals surface area contributed by atoms with Crippen molar-refractivity contribution in [3.05, 3.63) is 65.0 Å². The van der Waals surface area contributed by atoms with Crippen molar-refractivity contribution in [2.45, 2.75) is 48.7 Å². The molecule has 0 unspecified atom stereocenters. The number of aromatic nitrogens is 1. The molecule has 2 saturated heterocycles. The minimum absolute atomic E-state index is 0.102. The van der Waals surface area contributed by atoms with Crippen LogP contribution in [0, 0.1) is 0 Å². The molecule has 7 heteroatoms. The molecule has 1 spiro atoms. The lowest BCUT2D eigenvalue weighted by molar-refractivity contribution is -0.134. The van der Waals surface area contributed by atoms with E-state index in [1.54, 1.807) is 12.4 Å². The maximum absolute atomic E-state index is 13.6. The molecule has 1 amide bonds. The summed E-state index contributed by atoms with van der Waals surface area (Å²) < 4.78 is 11.2. The van der Waals surface area contributed by atoms with Crippen molar-refractivity contribution < 1.29 is 24.2 Å². The second-order valence-electron chi connectivity index (χ2n) is 9.59. The predicted octanol–water partition coefficient (Wildman–Crippen LogP) is 2.41. The third kappa shape index (κ3) is 2.84. The van der Waals surface area contributed by atoms with E-state index in [9.17, 15) is 14.7 Å². The molecule has 7 nitrogen and oxygen atoms in total. The summed E-state index contributed by atoms with van der Waals surface area (Å²) in [7, 11) is 0. The highest BCUT2D eigenvalue weighted by atomic mass is 16.6. The Balaban J connectivity index is 1.22. The molecular formula is C25H26N2O5. The average molecular weight is 434 g/mol. The molecule has 4 heterocycles. The molecule has 1 aliphatic carbocycles. The minimum atomic E-state index is -0.854. The number of rotatable bonds is 3. The Bertz CT molecular complexity index is 1090. The quantitative estimate of drug-likeness (QED) is 0.747. The zero-order valence-corrected chi connectivity index (χ0v) is 17.9. The predicted molar refractivity (Wildman–Crippen MR) is 114 cm³/mol. The second kappa shape index (κ2) is 6.86. The number of fused-ring (bicyclic) bond motifs is 2. The van der Waals surface area contributed by atoms with Crippen LogP contribution in [0.2, 0.25) is 0 Å². The molecule has 1 saturated carbocycles. The Morgan fingerprint density at radius 1 is 1.00 bits per heavy atom. The summed E-state index contributed by atoms with van der Waals surface area (Å²) in [6.45, 7) is 2.06. The van der Waals surface area contributed by atoms with E-state index < -0.39 is 16.6 Å². The fraction of sp³-hybridized carbons (Fsp3) is 0.480. The van der Waals surface area contributed by atoms with Crippen LogP contribution in [0.1, 0.15) is 59.2 Å². The first-order valence-corrected chi connectivity index (χ1v) is 11.3. The molecule has 0 bridgehead atoms. The number of pyridine rings is 1. The van der Waals surface area contributed by atoms with Crippen molar-refractivity contribution in [1.82, 2.24) is 9.88 Å². The van der Waals surface area contributed by atoms with Gasteiger partial charge in [-0.2, -0.15) is 0 Å². The maximum Gasteiger partial charge on any atom is 0.341 e. The van der Waals surface area contributed by atoms with Crippen LogP contribution in [-0.2, 0) is 30.9 Å². The number of amides is 1. The van der Waals surface area contributed by atoms with Crippen LogP contribution in [0.3, 0.4) is 0 Å². The highest BCUT2D eigenvalue weighted by Crippen LogP contribution is 2.52. The van der Waals surface area contributed by atoms with Gasteiger partial charge in [0.1, 0.15) is 0 Å². The van der Waals surface area contributed by atoms with E-state index in [0.717, 1.165) is 29.5 Å². The highest BCUT2D eigenvalue weighted by Gasteiger charge is 2.57. The summed E-state index contributed by atoms with van der Waals surface area (Å²) >= 11 is 0. The SMILES string of the molecule is O=C1O[C@]2(CCN(C(=O)C3(c4ccc(C5(O)CCOCC5)cc4)CC3)C2)c2ccncc21. The molecule has 3 aliphatic heterocycles. The van der Waals surface area contributed by atoms with Crippen LogP contribution in [0.15, 0.2) is 42.7 Å². The van der Waals surface area contributed by atoms with Crippen LogP contribution in [0.25, 0.3) is 0 Å². The Morgan fingerprint density at radius 2 is 1.72 bits per heavy atom. The van der Waals surface area contributed by atoms with E-state index >= 15 is 0 Å². The Hall–Kier alpha value is -2.77. The molecule has 6 rings (SSSR count). The Morgan fingerprint density at radius 3 is 2.44 bits per heavy atom. The maximum atomic E-state index is 13.6. The summed E-state index contributed by atoms with van der Waals surface area (Å²) in [6, 6.07) is 9.75. The van der Waals surface area contributed by atoms with Crippen molar-refractivity contribution >= 4 is 11.9 Å². The zero-order chi connectivity index (χ0) is 22.0. The van der Waals surface area contributed by atoms with Gasteiger partial charge >= 0.3 is 5.97 Å². The number of esters is 1. The molecular weight excluding hydrogens is 408 g/mol. The molecule has 3 fully saturated rings. The van der Waals surface area contributed by atoms with E-state index in [1.165, 1.54) is 0 Å². The number of benzene rings is 1. The highest BCUT2D eigenvalue weighted by molar-refractivity contribution is 5.95. The third-order valence-electron chi connectivity index (χ3n) is 7.79. The van der Waals surface area contributed by atoms with Crippen molar-refractivity contribution in [2.75, 3.05) is 26.3 Å². The normalized spacial score (nSPS) is 27.3. The number of ether oxygens (including phenoxy) is 2. The van der Waals surface area contributed by atoms with E-state index in [0.29, 0.717) is 51.1 Å². The number of hydrogen-bond acceptors (Lipinski definition) is 6. The van der Waals surface area contributed by atoms with Gasteiger partial charge in [0.05, 0.1) is 23.1 Å². The molecule has 1 N–H and O–H groups in total. The number of nitrogens with zero attached hydrogens (tertiary/aromatic N) is 2. The number of aliphatic hydroxyl groups is 1. The fourth-order valence-electron chi connectivity index (χ4n) is 5.65. The summed E-state index contributed by atoms with van der Waals surface area (Å²) in [6.07, 6.45) is 6.62. The van der Waals surface area contributed by atoms with Crippen LogP contribution >= 0.6 is 0 Å². The van der Waals surface area contributed by atoms with Gasteiger partial charge in [0.15, 0.2) is 5.60 Å². The molecule has 0 radical (unpaired) electrons. The van der Waals surface area contributed by atoms with Gasteiger partial charge in [0.2, 0.25) is 5.91 Å². The molecule has 1 atom stereocenters. The molecule has 2 aromatic rings. The number of carbonyl (C=O) groups is 2. The molecule has 32 heavy (non-hydrogen) atoms. The third-order valence-corrected chi connectivity index (χ3v) is 7.79. The summed E-state index contributed by atoms with van der Waals surface area (Å²) in [5.41, 5.74) is 1.11. The van der Waals surface area contributed by atoms with Gasteiger partial charge < -0.3 is 19.5 Å². The van der Waals surface area contributed by atoms with Gasteiger partial charge in [0, 0.05) is 57.0 Å². The lowest BCUT2D eigenvalue weighted by Crippen LogP contribution is -2.40. The molecule has 1 aromatic heterocycles. The monoisotopic (exact) mass is 434 g/mol. The Labute approximate surface area is 186 Å². The fourth-order valence-corrected chi connectivity index (χ4v) is 5.65. The molecule has 166 valence electrons. The van der Waals surface area contributed by atoms with Gasteiger partial charge in [-0.05, 0) is 30.0 Å². The van der Waals surface area contributed by atoms with Crippen LogP contribution < -0.4 is 0 Å². The number of hydrogen-bond donors (Lipinski definition) is 1. The Kier molecular flexibility index (Phi) is 4.26. The van der Waals surface area contributed by atoms with Gasteiger partial charge in [-0.1, -0.05) is 24.3 Å². The summed E-state index contributed by atoms with van der Waals surface area (Å²) in [4.78, 5) is 31.8. The van der Waals surface area contributed by atoms with E-state index in [4.69, 9.17) is 9.47 Å². The lowest BCUT2D eigenvalue weighted by Gasteiger charge is -2.33. The van der Waals surface area contributed by atoms with Crippen molar-refractivity contribution in [1.29, 1.82) is 0 Å². The molecule has 4 aliphatic rings. The van der Waals surface area contributed by atoms with Crippen molar-refractivity contribution in [2.24, 2.45) is 0 Å². The second-order valence-corrected chi connectivity index (χ2v) is 9.59. The first-order valence-electron chi connectivity index (χ1n) is 11.3. The van der Waals surface area contributed by atoms with Gasteiger partial charge in [-0.15, -0.1) is 0 Å². The topological polar surface area (TPSA) is 89.0 Å². The number of likely N-dealkylation sites (tertiary alicyclic amines) is 1. The average Bonchev–Trinajstić information content (AvgIpc) is 3.46. The van der Waals surface area contributed by atoms with Crippen molar-refractivity contribution in [3.63, 3.8) is 0 Å². The lowest BCUT2D eigenvalue weighted by atomic mass is 9.84. The largest absolute Gasteiger partial charge is 0.449 e. The minimum Gasteiger partial charge on any atom is -0.449 e. The zero-order valence-electron chi connectivity index (χ0n) is 17.9. The van der Waals surface area contributed by atoms with E-state index in [-0.39, 0.29) is 11.9 Å². The van der Waals surface area contributed by atoms with Crippen molar-refractivity contribution in [3.8, 4) is 0 Å². The molecule has 1 aromatic carbocycles. The van der Waals surface area contributed by atoms with Crippen LogP contribution in [-0.4, -0.2) is 53.2 Å². The first-order chi connectivity index (χ1) is 15.5.